The summed E-state index contributed by atoms with van der Waals surface area (Å²) in [5, 5.41) is 47.3. The summed E-state index contributed by atoms with van der Waals surface area (Å²) in [5.41, 5.74) is 0.548. The molecule has 0 fully saturated rings. The molecule has 198 valence electrons. The predicted octanol–water partition coefficient (Wildman–Crippen LogP) is 0.793. The van der Waals surface area contributed by atoms with Crippen LogP contribution in [0.1, 0.15) is 22.3 Å². The summed E-state index contributed by atoms with van der Waals surface area (Å²) in [6, 6.07) is 1.34. The topological polar surface area (TPSA) is 199 Å². The van der Waals surface area contributed by atoms with Crippen molar-refractivity contribution >= 4 is 29.0 Å². The zero-order valence-corrected chi connectivity index (χ0v) is 20.3. The molecule has 0 aliphatic heterocycles. The van der Waals surface area contributed by atoms with Crippen molar-refractivity contribution in [2.45, 2.75) is 24.5 Å². The molecule has 2 aromatic rings. The van der Waals surface area contributed by atoms with Crippen LogP contribution in [0.3, 0.4) is 0 Å². The highest BCUT2D eigenvalue weighted by molar-refractivity contribution is 6.24. The molecule has 4 atom stereocenters. The van der Waals surface area contributed by atoms with Crippen LogP contribution in [0.5, 0.6) is 5.75 Å². The number of aromatic hydroxyl groups is 1. The predicted molar refractivity (Wildman–Crippen MR) is 129 cm³/mol. The number of Topliss-reactive ketones (excluding diaryl/α,β-unsaturated/α-hetero) is 2. The number of phenolic OH excluding ortho intramolecular Hbond substituents is 1. The van der Waals surface area contributed by atoms with Crippen molar-refractivity contribution < 1.29 is 39.2 Å². The van der Waals surface area contributed by atoms with Crippen LogP contribution < -0.4 is 11.1 Å². The van der Waals surface area contributed by atoms with Crippen molar-refractivity contribution in [3.63, 3.8) is 0 Å². The minimum absolute atomic E-state index is 0.103. The van der Waals surface area contributed by atoms with Crippen LogP contribution in [-0.2, 0) is 16.0 Å². The van der Waals surface area contributed by atoms with E-state index < -0.39 is 75.2 Å². The number of nitrogens with zero attached hydrogens (tertiary/aromatic N) is 3. The van der Waals surface area contributed by atoms with E-state index >= 15 is 4.39 Å². The van der Waals surface area contributed by atoms with Crippen LogP contribution in [0.4, 0.5) is 15.9 Å². The first kappa shape index (κ1) is 25.3. The van der Waals surface area contributed by atoms with Gasteiger partial charge in [-0.2, -0.15) is 0 Å². The number of carbonyl (C=O) groups is 3. The third-order valence-corrected chi connectivity index (χ3v) is 7.51. The van der Waals surface area contributed by atoms with Crippen LogP contribution in [0.25, 0.3) is 0 Å². The van der Waals surface area contributed by atoms with Crippen LogP contribution in [-0.4, -0.2) is 78.5 Å². The molecule has 0 spiro atoms. The maximum absolute atomic E-state index is 15.3. The lowest BCUT2D eigenvalue weighted by Crippen LogP contribution is -2.63. The Morgan fingerprint density at radius 2 is 1.97 bits per heavy atom. The van der Waals surface area contributed by atoms with Crippen molar-refractivity contribution in [3.8, 4) is 5.75 Å². The van der Waals surface area contributed by atoms with E-state index in [4.69, 9.17) is 5.73 Å². The van der Waals surface area contributed by atoms with Gasteiger partial charge in [-0.15, -0.1) is 0 Å². The number of hydrogen-bond acceptors (Lipinski definition) is 11. The lowest BCUT2D eigenvalue weighted by molar-refractivity contribution is -0.148. The van der Waals surface area contributed by atoms with Crippen LogP contribution in [0, 0.1) is 17.7 Å². The molecule has 0 radical (unpaired) electrons. The Labute approximate surface area is 214 Å². The smallest absolute Gasteiger partial charge is 0.255 e. The number of halogens is 1. The van der Waals surface area contributed by atoms with Gasteiger partial charge in [0.05, 0.1) is 17.3 Å². The maximum Gasteiger partial charge on any atom is 0.255 e. The molecule has 0 bridgehead atoms. The van der Waals surface area contributed by atoms with Gasteiger partial charge in [-0.3, -0.25) is 19.3 Å². The summed E-state index contributed by atoms with van der Waals surface area (Å²) in [6.45, 7) is 0. The SMILES string of the molecule is CN(C)[C@@H]1C(O)=C(C(N)=O)C(=O)[C@@]2(O)C(O)=C3C(=O)c4c(O)c(Nc5ccncn5)cc(F)c4C[C@H]3C[C@@H]12. The molecule has 0 saturated carbocycles. The van der Waals surface area contributed by atoms with Crippen molar-refractivity contribution in [3.05, 3.63) is 64.3 Å². The first-order valence-corrected chi connectivity index (χ1v) is 11.6. The lowest BCUT2D eigenvalue weighted by Gasteiger charge is -2.50. The number of aromatic nitrogens is 2. The van der Waals surface area contributed by atoms with Gasteiger partial charge in [0.2, 0.25) is 5.78 Å². The van der Waals surface area contributed by atoms with Crippen LogP contribution in [0.2, 0.25) is 0 Å². The standard InChI is InChI=1S/C25H24FN5O7/c1-31(2)18-11-6-9-5-10-12(26)7-13(30-14-3-4-28-8-29-14)19(32)16(10)20(33)15(9)22(35)25(11,38)23(36)17(21(18)34)24(27)37/h3-4,7-9,11,18,32,34-35,38H,5-6H2,1-2H3,(H2,27,37)(H,28,29,30)/t9-,11-,18-,25-/m0/s1. The number of primary amides is 1. The number of aliphatic hydroxyl groups excluding tert-OH is 2. The van der Waals surface area contributed by atoms with Gasteiger partial charge in [-0.1, -0.05) is 0 Å². The number of nitrogens with one attached hydrogen (secondary N) is 1. The van der Waals surface area contributed by atoms with Gasteiger partial charge >= 0.3 is 0 Å². The molecule has 5 rings (SSSR count). The molecular weight excluding hydrogens is 501 g/mol. The fourth-order valence-electron chi connectivity index (χ4n) is 5.87. The zero-order valence-electron chi connectivity index (χ0n) is 20.3. The second-order valence-electron chi connectivity index (χ2n) is 9.79. The van der Waals surface area contributed by atoms with Gasteiger partial charge in [0, 0.05) is 29.3 Å². The highest BCUT2D eigenvalue weighted by Crippen LogP contribution is 2.53. The number of aliphatic hydroxyl groups is 3. The number of hydrogen-bond donors (Lipinski definition) is 6. The number of anilines is 2. The Morgan fingerprint density at radius 3 is 2.58 bits per heavy atom. The summed E-state index contributed by atoms with van der Waals surface area (Å²) in [4.78, 5) is 48.2. The number of fused-ring (bicyclic) bond motifs is 3. The minimum Gasteiger partial charge on any atom is -0.510 e. The second-order valence-corrected chi connectivity index (χ2v) is 9.79. The molecular formula is C25H24FN5O7. The molecule has 1 amide bonds. The van der Waals surface area contributed by atoms with Crippen molar-refractivity contribution in [2.75, 3.05) is 19.4 Å². The Morgan fingerprint density at radius 1 is 1.26 bits per heavy atom. The van der Waals surface area contributed by atoms with E-state index in [1.54, 1.807) is 0 Å². The second kappa shape index (κ2) is 8.60. The molecule has 3 aliphatic rings. The van der Waals surface area contributed by atoms with E-state index in [2.05, 4.69) is 15.3 Å². The highest BCUT2D eigenvalue weighted by Gasteiger charge is 2.63. The number of allylic oxidation sites excluding steroid dienone is 1. The molecule has 12 nitrogen and oxygen atoms in total. The molecule has 1 heterocycles. The molecule has 38 heavy (non-hydrogen) atoms. The molecule has 13 heteroatoms. The Kier molecular flexibility index (Phi) is 5.72. The number of nitrogens with two attached hydrogens (primary N) is 1. The van der Waals surface area contributed by atoms with Gasteiger partial charge < -0.3 is 31.5 Å². The third-order valence-electron chi connectivity index (χ3n) is 7.51. The zero-order chi connectivity index (χ0) is 27.7. The van der Waals surface area contributed by atoms with Crippen LogP contribution in [0.15, 0.2) is 47.3 Å². The Balaban J connectivity index is 1.67. The van der Waals surface area contributed by atoms with Gasteiger partial charge in [0.1, 0.15) is 35.1 Å². The summed E-state index contributed by atoms with van der Waals surface area (Å²) >= 11 is 0. The number of likely N-dealkylation sites (N-methyl/N-ethyl adjacent to an activating group) is 1. The summed E-state index contributed by atoms with van der Waals surface area (Å²) in [6.07, 6.45) is 2.35. The number of ketones is 2. The fourth-order valence-corrected chi connectivity index (χ4v) is 5.87. The van der Waals surface area contributed by atoms with E-state index in [0.29, 0.717) is 0 Å². The van der Waals surface area contributed by atoms with Crippen LogP contribution >= 0.6 is 0 Å². The molecule has 0 unspecified atom stereocenters. The maximum atomic E-state index is 15.3. The van der Waals surface area contributed by atoms with Gasteiger partial charge in [0.15, 0.2) is 17.1 Å². The normalized spacial score (nSPS) is 26.7. The monoisotopic (exact) mass is 525 g/mol. The number of phenols is 1. The highest BCUT2D eigenvalue weighted by atomic mass is 19.1. The van der Waals surface area contributed by atoms with E-state index in [-0.39, 0.29) is 35.5 Å². The largest absolute Gasteiger partial charge is 0.510 e. The van der Waals surface area contributed by atoms with Crippen molar-refractivity contribution in [1.29, 1.82) is 0 Å². The van der Waals surface area contributed by atoms with E-state index in [9.17, 15) is 34.8 Å². The summed E-state index contributed by atoms with van der Waals surface area (Å²) < 4.78 is 15.3. The third kappa shape index (κ3) is 3.39. The molecule has 3 aliphatic carbocycles. The molecule has 7 N–H and O–H groups in total. The molecule has 1 aromatic heterocycles. The number of rotatable bonds is 4. The average Bonchev–Trinajstić information content (AvgIpc) is 2.84. The van der Waals surface area contributed by atoms with Gasteiger partial charge in [-0.05, 0) is 38.9 Å². The minimum atomic E-state index is -2.77. The van der Waals surface area contributed by atoms with Crippen molar-refractivity contribution in [1.82, 2.24) is 14.9 Å². The number of amides is 1. The Hall–Kier alpha value is -4.36. The van der Waals surface area contributed by atoms with Gasteiger partial charge in [-0.25, -0.2) is 14.4 Å². The number of carbonyl (C=O) groups excluding carboxylic acids is 3. The molecule has 1 aromatic carbocycles. The Bertz CT molecular complexity index is 1470. The van der Waals surface area contributed by atoms with Gasteiger partial charge in [0.25, 0.3) is 5.91 Å². The lowest BCUT2D eigenvalue weighted by atomic mass is 9.58. The van der Waals surface area contributed by atoms with Crippen molar-refractivity contribution in [2.24, 2.45) is 17.6 Å². The molecule has 0 saturated heterocycles. The first-order chi connectivity index (χ1) is 17.9. The number of benzene rings is 1. The van der Waals surface area contributed by atoms with E-state index in [1.165, 1.54) is 37.6 Å². The van der Waals surface area contributed by atoms with E-state index in [1.807, 2.05) is 0 Å². The quantitative estimate of drug-likeness (QED) is 0.244. The summed E-state index contributed by atoms with van der Waals surface area (Å²) in [7, 11) is 3.05. The first-order valence-electron chi connectivity index (χ1n) is 11.6. The average molecular weight is 525 g/mol. The van der Waals surface area contributed by atoms with E-state index in [0.717, 1.165) is 6.07 Å². The fraction of sp³-hybridized carbons (Fsp3) is 0.320. The summed E-state index contributed by atoms with van der Waals surface area (Å²) in [5.74, 6) is -8.61.